The van der Waals surface area contributed by atoms with Crippen LogP contribution >= 0.6 is 0 Å². The van der Waals surface area contributed by atoms with Crippen LogP contribution in [0.25, 0.3) is 0 Å². The third-order valence-corrected chi connectivity index (χ3v) is 6.73. The molecule has 4 rings (SSSR count). The minimum atomic E-state index is -0.130. The molecule has 7 nitrogen and oxygen atoms in total. The second-order valence-corrected chi connectivity index (χ2v) is 9.43. The second kappa shape index (κ2) is 12.9. The van der Waals surface area contributed by atoms with Crippen molar-refractivity contribution in [3.05, 3.63) is 84.4 Å². The van der Waals surface area contributed by atoms with Crippen molar-refractivity contribution in [2.45, 2.75) is 51.1 Å². The highest BCUT2D eigenvalue weighted by Crippen LogP contribution is 2.23. The minimum Gasteiger partial charge on any atom is -0.491 e. The van der Waals surface area contributed by atoms with Crippen LogP contribution in [0.1, 0.15) is 48.0 Å². The minimum absolute atomic E-state index is 0.0307. The highest BCUT2D eigenvalue weighted by atomic mass is 16.5. The van der Waals surface area contributed by atoms with Gasteiger partial charge in [-0.25, -0.2) is 4.98 Å². The lowest BCUT2D eigenvalue weighted by Gasteiger charge is -2.32. The Morgan fingerprint density at radius 1 is 1.03 bits per heavy atom. The molecule has 7 heteroatoms. The van der Waals surface area contributed by atoms with Crippen molar-refractivity contribution in [1.82, 2.24) is 19.4 Å². The topological polar surface area (TPSA) is 67.7 Å². The van der Waals surface area contributed by atoms with Crippen LogP contribution in [0, 0.1) is 0 Å². The van der Waals surface area contributed by atoms with Crippen LogP contribution < -0.4 is 4.74 Å². The average molecular weight is 489 g/mol. The molecule has 2 aromatic carbocycles. The van der Waals surface area contributed by atoms with E-state index in [-0.39, 0.29) is 17.9 Å². The Hall–Kier alpha value is -3.61. The first kappa shape index (κ1) is 25.5. The summed E-state index contributed by atoms with van der Waals surface area (Å²) in [5.41, 5.74) is 1.73. The van der Waals surface area contributed by atoms with Crippen LogP contribution in [0.3, 0.4) is 0 Å². The zero-order chi connectivity index (χ0) is 25.2. The van der Waals surface area contributed by atoms with Gasteiger partial charge in [0.2, 0.25) is 5.91 Å². The zero-order valence-corrected chi connectivity index (χ0v) is 21.1. The molecule has 0 aliphatic carbocycles. The van der Waals surface area contributed by atoms with Crippen LogP contribution in [0.2, 0.25) is 0 Å². The Kier molecular flexibility index (Phi) is 9.14. The number of rotatable bonds is 6. The van der Waals surface area contributed by atoms with E-state index in [1.165, 1.54) is 0 Å². The van der Waals surface area contributed by atoms with Gasteiger partial charge in [-0.1, -0.05) is 42.5 Å². The van der Waals surface area contributed by atoms with Gasteiger partial charge >= 0.3 is 0 Å². The van der Waals surface area contributed by atoms with E-state index in [0.29, 0.717) is 43.9 Å². The summed E-state index contributed by atoms with van der Waals surface area (Å²) in [6.45, 7) is 2.46. The number of nitrogens with zero attached hydrogens (tertiary/aromatic N) is 4. The molecule has 2 heterocycles. The number of fused-ring (bicyclic) bond motifs is 1. The second-order valence-electron chi connectivity index (χ2n) is 9.43. The van der Waals surface area contributed by atoms with Crippen LogP contribution in [-0.4, -0.2) is 64.0 Å². The van der Waals surface area contributed by atoms with Crippen molar-refractivity contribution in [2.75, 3.05) is 26.7 Å². The summed E-state index contributed by atoms with van der Waals surface area (Å²) in [6, 6.07) is 17.5. The summed E-state index contributed by atoms with van der Waals surface area (Å²) in [6.07, 6.45) is 10.1. The monoisotopic (exact) mass is 488 g/mol. The number of ether oxygens (including phenoxy) is 1. The molecule has 0 spiro atoms. The number of benzene rings is 2. The predicted molar refractivity (Wildman–Crippen MR) is 140 cm³/mol. The van der Waals surface area contributed by atoms with Gasteiger partial charge in [0.25, 0.3) is 5.91 Å². The Morgan fingerprint density at radius 2 is 1.81 bits per heavy atom. The van der Waals surface area contributed by atoms with Crippen LogP contribution in [0.5, 0.6) is 5.75 Å². The maximum atomic E-state index is 13.5. The van der Waals surface area contributed by atoms with Gasteiger partial charge < -0.3 is 19.1 Å². The standard InChI is InChI=1S/C29H36N4O3/c1-31-17-8-3-9-19-33(28(34)15-10-18-32-20-16-30-23-32)25(21-24-11-4-2-5-12-24)22-36-27-14-7-6-13-26(27)29(31)35/h2,4-7,11-14,16,20,23,25H,3,8-10,15,17-19,21-22H2,1H3/t25-/m0/s1. The molecule has 0 saturated heterocycles. The normalized spacial score (nSPS) is 17.4. The number of carbonyl (C=O) groups excluding carboxylic acids is 2. The summed E-state index contributed by atoms with van der Waals surface area (Å²) < 4.78 is 8.30. The third kappa shape index (κ3) is 6.97. The first-order valence-electron chi connectivity index (χ1n) is 12.9. The number of imidazole rings is 1. The Morgan fingerprint density at radius 3 is 2.61 bits per heavy atom. The van der Waals surface area contributed by atoms with E-state index in [1.54, 1.807) is 17.4 Å². The fourth-order valence-corrected chi connectivity index (χ4v) is 4.70. The number of amides is 2. The van der Waals surface area contributed by atoms with Gasteiger partial charge in [0, 0.05) is 45.5 Å². The van der Waals surface area contributed by atoms with Crippen LogP contribution in [0.15, 0.2) is 73.3 Å². The summed E-state index contributed by atoms with van der Waals surface area (Å²) in [5.74, 6) is 0.687. The molecule has 0 saturated carbocycles. The number of hydrogen-bond donors (Lipinski definition) is 0. The molecule has 3 aromatic rings. The van der Waals surface area contributed by atoms with Gasteiger partial charge in [-0.3, -0.25) is 9.59 Å². The van der Waals surface area contributed by atoms with Gasteiger partial charge in [-0.15, -0.1) is 0 Å². The highest BCUT2D eigenvalue weighted by Gasteiger charge is 2.26. The first-order valence-corrected chi connectivity index (χ1v) is 12.9. The molecule has 1 atom stereocenters. The third-order valence-electron chi connectivity index (χ3n) is 6.73. The van der Waals surface area contributed by atoms with Crippen molar-refractivity contribution < 1.29 is 14.3 Å². The Bertz CT molecular complexity index is 1100. The Balaban J connectivity index is 1.56. The van der Waals surface area contributed by atoms with Crippen LogP contribution in [0.4, 0.5) is 0 Å². The Labute approximate surface area is 213 Å². The van der Waals surface area contributed by atoms with Gasteiger partial charge in [0.1, 0.15) is 12.4 Å². The van der Waals surface area contributed by atoms with Crippen molar-refractivity contribution in [1.29, 1.82) is 0 Å². The molecule has 0 bridgehead atoms. The fourth-order valence-electron chi connectivity index (χ4n) is 4.70. The maximum Gasteiger partial charge on any atom is 0.257 e. The van der Waals surface area contributed by atoms with Gasteiger partial charge in [-0.2, -0.15) is 0 Å². The highest BCUT2D eigenvalue weighted by molar-refractivity contribution is 5.96. The molecule has 36 heavy (non-hydrogen) atoms. The van der Waals surface area contributed by atoms with E-state index in [2.05, 4.69) is 17.1 Å². The van der Waals surface area contributed by atoms with Gasteiger partial charge in [0.05, 0.1) is 17.9 Å². The number of aromatic nitrogens is 2. The van der Waals surface area contributed by atoms with Crippen molar-refractivity contribution in [3.8, 4) is 5.75 Å². The van der Waals surface area contributed by atoms with Crippen molar-refractivity contribution >= 4 is 11.8 Å². The predicted octanol–water partition coefficient (Wildman–Crippen LogP) is 4.44. The molecule has 1 aromatic heterocycles. The quantitative estimate of drug-likeness (QED) is 0.515. The number of para-hydroxylation sites is 1. The molecule has 0 N–H and O–H groups in total. The lowest BCUT2D eigenvalue weighted by molar-refractivity contribution is -0.134. The molecule has 1 aliphatic heterocycles. The van der Waals surface area contributed by atoms with E-state index >= 15 is 0 Å². The fraction of sp³-hybridized carbons (Fsp3) is 0.414. The summed E-state index contributed by atoms with van der Waals surface area (Å²) in [5, 5.41) is 0. The van der Waals surface area contributed by atoms with E-state index in [0.717, 1.165) is 37.8 Å². The van der Waals surface area contributed by atoms with Crippen molar-refractivity contribution in [3.63, 3.8) is 0 Å². The van der Waals surface area contributed by atoms with Gasteiger partial charge in [-0.05, 0) is 49.8 Å². The smallest absolute Gasteiger partial charge is 0.257 e. The lowest BCUT2D eigenvalue weighted by Crippen LogP contribution is -2.45. The molecular weight excluding hydrogens is 452 g/mol. The number of hydrogen-bond acceptors (Lipinski definition) is 4. The zero-order valence-electron chi connectivity index (χ0n) is 21.1. The SMILES string of the molecule is CN1CCCCCN(C(=O)CCCn2ccnc2)[C@@H](Cc2ccccc2)COc2ccccc2C1=O. The molecule has 1 aliphatic rings. The first-order chi connectivity index (χ1) is 17.6. The summed E-state index contributed by atoms with van der Waals surface area (Å²) >= 11 is 0. The molecule has 0 radical (unpaired) electrons. The van der Waals surface area contributed by atoms with Gasteiger partial charge in [0.15, 0.2) is 0 Å². The molecule has 0 fully saturated rings. The molecule has 190 valence electrons. The van der Waals surface area contributed by atoms with E-state index < -0.39 is 0 Å². The average Bonchev–Trinajstić information content (AvgIpc) is 3.42. The summed E-state index contributed by atoms with van der Waals surface area (Å²) in [4.78, 5) is 34.5. The van der Waals surface area contributed by atoms with E-state index in [9.17, 15) is 9.59 Å². The maximum absolute atomic E-state index is 13.5. The molecule has 0 unspecified atom stereocenters. The number of aryl methyl sites for hydroxylation is 1. The van der Waals surface area contributed by atoms with Crippen LogP contribution in [-0.2, 0) is 17.8 Å². The van der Waals surface area contributed by atoms with E-state index in [4.69, 9.17) is 4.74 Å². The molecular formula is C29H36N4O3. The summed E-state index contributed by atoms with van der Waals surface area (Å²) in [7, 11) is 1.84. The lowest BCUT2D eigenvalue weighted by atomic mass is 10.0. The molecule has 2 amide bonds. The largest absolute Gasteiger partial charge is 0.491 e. The number of carbonyl (C=O) groups is 2. The van der Waals surface area contributed by atoms with E-state index in [1.807, 2.05) is 65.2 Å². The van der Waals surface area contributed by atoms with Crippen molar-refractivity contribution in [2.24, 2.45) is 0 Å².